The number of nitrogens with zero attached hydrogens (tertiary/aromatic N) is 2. The molecule has 0 atom stereocenters. The molecule has 0 spiro atoms. The van der Waals surface area contributed by atoms with Crippen LogP contribution in [0.5, 0.6) is 0 Å². The zero-order valence-corrected chi connectivity index (χ0v) is 9.61. The monoisotopic (exact) mass is 204 g/mol. The molecule has 0 aliphatic rings. The molecule has 0 saturated heterocycles. The van der Waals surface area contributed by atoms with Crippen LogP contribution in [0.15, 0.2) is 24.3 Å². The van der Waals surface area contributed by atoms with Crippen LogP contribution >= 0.6 is 0 Å². The zero-order valence-electron chi connectivity index (χ0n) is 9.61. The first-order valence-corrected chi connectivity index (χ1v) is 5.15. The molecule has 80 valence electrons. The summed E-state index contributed by atoms with van der Waals surface area (Å²) in [5.74, 6) is 0.750. The van der Waals surface area contributed by atoms with E-state index in [0.29, 0.717) is 0 Å². The molecule has 0 unspecified atom stereocenters. The number of hydrogen-bond donors (Lipinski definition) is 0. The minimum Gasteiger partial charge on any atom is -0.274 e. The van der Waals surface area contributed by atoms with E-state index in [2.05, 4.69) is 4.98 Å². The number of para-hydroxylation sites is 2. The van der Waals surface area contributed by atoms with Crippen LogP contribution < -0.4 is 0 Å². The van der Waals surface area contributed by atoms with Crippen molar-refractivity contribution in [2.45, 2.75) is 27.7 Å². The molecule has 1 aromatic heterocycles. The zero-order chi connectivity index (χ0) is 11.4. The maximum absolute atomic E-state index is 11.3. The minimum atomic E-state index is 0.00574. The van der Waals surface area contributed by atoms with E-state index in [4.69, 9.17) is 0 Å². The summed E-state index contributed by atoms with van der Waals surface area (Å²) >= 11 is 0. The van der Waals surface area contributed by atoms with Gasteiger partial charge in [-0.15, -0.1) is 0 Å². The number of imidazole rings is 1. The van der Waals surface area contributed by atoms with E-state index in [1.807, 2.05) is 45.0 Å². The molecule has 0 saturated carbocycles. The van der Waals surface area contributed by atoms with Crippen molar-refractivity contribution in [1.82, 2.24) is 9.55 Å². The molecular formula is C12H16N2O. The molecule has 0 N–H and O–H groups in total. The van der Waals surface area contributed by atoms with Crippen molar-refractivity contribution in [3.8, 4) is 0 Å². The molecular weight excluding hydrogens is 188 g/mol. The molecule has 1 aromatic carbocycles. The predicted molar refractivity (Wildman–Crippen MR) is 62.1 cm³/mol. The second-order valence-corrected chi connectivity index (χ2v) is 3.00. The van der Waals surface area contributed by atoms with Gasteiger partial charge in [0.05, 0.1) is 11.0 Å². The molecule has 0 aliphatic carbocycles. The Morgan fingerprint density at radius 2 is 1.87 bits per heavy atom. The van der Waals surface area contributed by atoms with Gasteiger partial charge in [-0.05, 0) is 19.1 Å². The first kappa shape index (κ1) is 11.4. The summed E-state index contributed by atoms with van der Waals surface area (Å²) in [6.07, 6.45) is 0. The summed E-state index contributed by atoms with van der Waals surface area (Å²) < 4.78 is 1.62. The van der Waals surface area contributed by atoms with Crippen molar-refractivity contribution in [3.05, 3.63) is 30.1 Å². The van der Waals surface area contributed by atoms with Crippen LogP contribution in [0, 0.1) is 6.92 Å². The highest BCUT2D eigenvalue weighted by Crippen LogP contribution is 2.14. The number of rotatable bonds is 0. The van der Waals surface area contributed by atoms with E-state index in [-0.39, 0.29) is 5.91 Å². The number of benzene rings is 1. The second kappa shape index (κ2) is 4.73. The number of hydrogen-bond acceptors (Lipinski definition) is 2. The third-order valence-corrected chi connectivity index (χ3v) is 2.04. The molecule has 3 heteroatoms. The van der Waals surface area contributed by atoms with E-state index >= 15 is 0 Å². The van der Waals surface area contributed by atoms with Crippen LogP contribution in [0.2, 0.25) is 0 Å². The Morgan fingerprint density at radius 1 is 1.27 bits per heavy atom. The van der Waals surface area contributed by atoms with Crippen LogP contribution in [-0.2, 0) is 0 Å². The van der Waals surface area contributed by atoms with Crippen LogP contribution in [0.4, 0.5) is 0 Å². The van der Waals surface area contributed by atoms with Crippen molar-refractivity contribution in [2.75, 3.05) is 0 Å². The third-order valence-electron chi connectivity index (χ3n) is 2.04. The molecule has 0 amide bonds. The summed E-state index contributed by atoms with van der Waals surface area (Å²) in [5.41, 5.74) is 1.75. The van der Waals surface area contributed by atoms with Gasteiger partial charge in [-0.25, -0.2) is 4.98 Å². The van der Waals surface area contributed by atoms with Gasteiger partial charge in [0.2, 0.25) is 5.91 Å². The number of carbonyl (C=O) groups excluding carboxylic acids is 1. The van der Waals surface area contributed by atoms with Gasteiger partial charge in [0.1, 0.15) is 5.82 Å². The lowest BCUT2D eigenvalue weighted by Crippen LogP contribution is -2.06. The lowest BCUT2D eigenvalue weighted by molar-refractivity contribution is 0.0939. The second-order valence-electron chi connectivity index (χ2n) is 3.00. The Kier molecular flexibility index (Phi) is 3.61. The molecule has 0 fully saturated rings. The van der Waals surface area contributed by atoms with Crippen molar-refractivity contribution in [1.29, 1.82) is 0 Å². The number of fused-ring (bicyclic) bond motifs is 1. The molecule has 0 radical (unpaired) electrons. The highest BCUT2D eigenvalue weighted by Gasteiger charge is 2.08. The average molecular weight is 204 g/mol. The van der Waals surface area contributed by atoms with Crippen LogP contribution in [-0.4, -0.2) is 15.5 Å². The smallest absolute Gasteiger partial charge is 0.229 e. The third kappa shape index (κ3) is 2.06. The molecule has 3 nitrogen and oxygen atoms in total. The van der Waals surface area contributed by atoms with Crippen molar-refractivity contribution >= 4 is 16.9 Å². The van der Waals surface area contributed by atoms with E-state index < -0.39 is 0 Å². The van der Waals surface area contributed by atoms with Gasteiger partial charge in [-0.3, -0.25) is 9.36 Å². The fraction of sp³-hybridized carbons (Fsp3) is 0.333. The molecule has 2 aromatic rings. The van der Waals surface area contributed by atoms with Gasteiger partial charge >= 0.3 is 0 Å². The Balaban J connectivity index is 0.000000531. The summed E-state index contributed by atoms with van der Waals surface area (Å²) in [4.78, 5) is 15.5. The van der Waals surface area contributed by atoms with Gasteiger partial charge in [-0.1, -0.05) is 26.0 Å². The summed E-state index contributed by atoms with van der Waals surface area (Å²) in [6.45, 7) is 7.38. The summed E-state index contributed by atoms with van der Waals surface area (Å²) in [5, 5.41) is 0. The van der Waals surface area contributed by atoms with Gasteiger partial charge < -0.3 is 0 Å². The van der Waals surface area contributed by atoms with Gasteiger partial charge in [0.15, 0.2) is 0 Å². The van der Waals surface area contributed by atoms with E-state index in [0.717, 1.165) is 16.9 Å². The standard InChI is InChI=1S/C10H10N2O.C2H6/c1-7-11-9-5-3-4-6-10(9)12(7)8(2)13;1-2/h3-6H,1-2H3;1-2H3. The summed E-state index contributed by atoms with van der Waals surface area (Å²) in [6, 6.07) is 7.63. The SMILES string of the molecule is CC.CC(=O)n1c(C)nc2ccccc21. The van der Waals surface area contributed by atoms with Crippen LogP contribution in [0.25, 0.3) is 11.0 Å². The quantitative estimate of drug-likeness (QED) is 0.661. The van der Waals surface area contributed by atoms with Crippen molar-refractivity contribution in [3.63, 3.8) is 0 Å². The minimum absolute atomic E-state index is 0.00574. The fourth-order valence-corrected chi connectivity index (χ4v) is 1.54. The predicted octanol–water partition coefficient (Wildman–Crippen LogP) is 3.03. The number of carbonyl (C=O) groups is 1. The lowest BCUT2D eigenvalue weighted by Gasteiger charge is -1.98. The van der Waals surface area contributed by atoms with E-state index in [1.165, 1.54) is 0 Å². The van der Waals surface area contributed by atoms with Gasteiger partial charge in [0, 0.05) is 6.92 Å². The first-order chi connectivity index (χ1) is 7.20. The molecule has 15 heavy (non-hydrogen) atoms. The highest BCUT2D eigenvalue weighted by molar-refractivity contribution is 5.89. The Hall–Kier alpha value is -1.64. The Morgan fingerprint density at radius 3 is 2.47 bits per heavy atom. The van der Waals surface area contributed by atoms with Crippen molar-refractivity contribution < 1.29 is 4.79 Å². The Labute approximate surface area is 89.7 Å². The van der Waals surface area contributed by atoms with Crippen molar-refractivity contribution in [2.24, 2.45) is 0 Å². The molecule has 2 rings (SSSR count). The maximum Gasteiger partial charge on any atom is 0.229 e. The average Bonchev–Trinajstić information content (AvgIpc) is 2.56. The molecule has 1 heterocycles. The molecule has 0 bridgehead atoms. The topological polar surface area (TPSA) is 34.9 Å². The fourth-order valence-electron chi connectivity index (χ4n) is 1.54. The normalized spacial score (nSPS) is 9.60. The maximum atomic E-state index is 11.3. The van der Waals surface area contributed by atoms with E-state index in [9.17, 15) is 4.79 Å². The van der Waals surface area contributed by atoms with Crippen LogP contribution in [0.1, 0.15) is 31.4 Å². The molecule has 0 aliphatic heterocycles. The number of aryl methyl sites for hydroxylation is 1. The van der Waals surface area contributed by atoms with E-state index in [1.54, 1.807) is 11.5 Å². The summed E-state index contributed by atoms with van der Waals surface area (Å²) in [7, 11) is 0. The lowest BCUT2D eigenvalue weighted by atomic mass is 10.3. The Bertz CT molecular complexity index is 471. The largest absolute Gasteiger partial charge is 0.274 e. The van der Waals surface area contributed by atoms with Gasteiger partial charge in [-0.2, -0.15) is 0 Å². The highest BCUT2D eigenvalue weighted by atomic mass is 16.1. The van der Waals surface area contributed by atoms with Gasteiger partial charge in [0.25, 0.3) is 0 Å². The number of aromatic nitrogens is 2. The van der Waals surface area contributed by atoms with Crippen LogP contribution in [0.3, 0.4) is 0 Å². The first-order valence-electron chi connectivity index (χ1n) is 5.15.